The Morgan fingerprint density at radius 2 is 1.95 bits per heavy atom. The second kappa shape index (κ2) is 8.73. The van der Waals surface area contributed by atoms with Gasteiger partial charge in [0.1, 0.15) is 5.69 Å². The average Bonchev–Trinajstić information content (AvgIpc) is 2.59. The topological polar surface area (TPSA) is 48.5 Å². The van der Waals surface area contributed by atoms with Gasteiger partial charge in [-0.1, -0.05) is 26.7 Å². The van der Waals surface area contributed by atoms with E-state index in [9.17, 15) is 4.79 Å². The molecule has 2 rings (SSSR count). The van der Waals surface area contributed by atoms with Crippen LogP contribution in [0.1, 0.15) is 43.6 Å². The molecule has 1 N–H and O–H groups in total. The van der Waals surface area contributed by atoms with Gasteiger partial charge in [0.05, 0.1) is 11.9 Å². The Labute approximate surface area is 133 Å². The molecular weight excluding hydrogens is 276 g/mol. The Kier molecular flexibility index (Phi) is 6.65. The van der Waals surface area contributed by atoms with E-state index in [1.165, 1.54) is 0 Å². The lowest BCUT2D eigenvalue weighted by Crippen LogP contribution is -2.46. The normalized spacial score (nSPS) is 15.8. The van der Waals surface area contributed by atoms with Crippen LogP contribution in [-0.4, -0.2) is 55.1 Å². The molecular formula is C17H28N4O. The minimum Gasteiger partial charge on any atom is -0.368 e. The monoisotopic (exact) mass is 304 g/mol. The first-order valence-electron chi connectivity index (χ1n) is 8.46. The molecule has 1 amide bonds. The molecule has 0 bridgehead atoms. The van der Waals surface area contributed by atoms with E-state index in [0.29, 0.717) is 5.69 Å². The first-order chi connectivity index (χ1) is 10.7. The molecule has 0 aliphatic carbocycles. The average molecular weight is 304 g/mol. The molecule has 1 aliphatic rings. The van der Waals surface area contributed by atoms with Crippen molar-refractivity contribution in [2.24, 2.45) is 0 Å². The Morgan fingerprint density at radius 1 is 1.18 bits per heavy atom. The van der Waals surface area contributed by atoms with Crippen LogP contribution >= 0.6 is 0 Å². The fourth-order valence-corrected chi connectivity index (χ4v) is 2.70. The van der Waals surface area contributed by atoms with Gasteiger partial charge in [-0.15, -0.1) is 0 Å². The molecule has 5 nitrogen and oxygen atoms in total. The van der Waals surface area contributed by atoms with Gasteiger partial charge in [-0.05, 0) is 25.1 Å². The molecule has 1 fully saturated rings. The molecule has 1 aromatic heterocycles. The van der Waals surface area contributed by atoms with Gasteiger partial charge < -0.3 is 15.1 Å². The van der Waals surface area contributed by atoms with E-state index < -0.39 is 0 Å². The number of likely N-dealkylation sites (N-methyl/N-ethyl adjacent to an activating group) is 1. The molecule has 1 aromatic rings. The number of pyridine rings is 1. The molecule has 22 heavy (non-hydrogen) atoms. The van der Waals surface area contributed by atoms with Crippen LogP contribution in [0.15, 0.2) is 18.3 Å². The van der Waals surface area contributed by atoms with Gasteiger partial charge in [-0.3, -0.25) is 4.79 Å². The number of carbonyl (C=O) groups is 1. The molecule has 122 valence electrons. The van der Waals surface area contributed by atoms with Gasteiger partial charge >= 0.3 is 0 Å². The molecule has 5 heteroatoms. The van der Waals surface area contributed by atoms with E-state index in [1.54, 1.807) is 0 Å². The standard InChI is InChI=1S/C17H28N4O/c1-3-5-6-9-18-17(22)16-8-7-15(14-19-16)21-12-10-20(4-2)11-13-21/h7-8,14H,3-6,9-13H2,1-2H3,(H,18,22). The summed E-state index contributed by atoms with van der Waals surface area (Å²) in [5.41, 5.74) is 1.62. The highest BCUT2D eigenvalue weighted by molar-refractivity contribution is 5.92. The third-order valence-electron chi connectivity index (χ3n) is 4.23. The number of unbranched alkanes of at least 4 members (excludes halogenated alkanes) is 2. The van der Waals surface area contributed by atoms with Crippen molar-refractivity contribution in [1.82, 2.24) is 15.2 Å². The maximum Gasteiger partial charge on any atom is 0.269 e. The maximum atomic E-state index is 12.0. The van der Waals surface area contributed by atoms with E-state index in [-0.39, 0.29) is 5.91 Å². The van der Waals surface area contributed by atoms with Crippen molar-refractivity contribution in [2.75, 3.05) is 44.2 Å². The first kappa shape index (κ1) is 16.7. The van der Waals surface area contributed by atoms with Gasteiger partial charge in [0.25, 0.3) is 5.91 Å². The number of anilines is 1. The fourth-order valence-electron chi connectivity index (χ4n) is 2.70. The number of hydrogen-bond acceptors (Lipinski definition) is 4. The lowest BCUT2D eigenvalue weighted by molar-refractivity contribution is 0.0948. The van der Waals surface area contributed by atoms with E-state index in [4.69, 9.17) is 0 Å². The van der Waals surface area contributed by atoms with Crippen molar-refractivity contribution in [1.29, 1.82) is 0 Å². The largest absolute Gasteiger partial charge is 0.368 e. The summed E-state index contributed by atoms with van der Waals surface area (Å²) in [5, 5.41) is 2.92. The Balaban J connectivity index is 1.83. The zero-order valence-corrected chi connectivity index (χ0v) is 13.8. The molecule has 0 radical (unpaired) electrons. The summed E-state index contributed by atoms with van der Waals surface area (Å²) in [6.07, 6.45) is 5.16. The van der Waals surface area contributed by atoms with Crippen LogP contribution in [0.3, 0.4) is 0 Å². The predicted octanol–water partition coefficient (Wildman–Crippen LogP) is 2.14. The van der Waals surface area contributed by atoms with Crippen LogP contribution in [0.25, 0.3) is 0 Å². The summed E-state index contributed by atoms with van der Waals surface area (Å²) in [4.78, 5) is 21.1. The van der Waals surface area contributed by atoms with E-state index in [2.05, 4.69) is 33.9 Å². The smallest absolute Gasteiger partial charge is 0.269 e. The van der Waals surface area contributed by atoms with Crippen LogP contribution in [0, 0.1) is 0 Å². The number of piperazine rings is 1. The fraction of sp³-hybridized carbons (Fsp3) is 0.647. The van der Waals surface area contributed by atoms with Crippen LogP contribution in [0.2, 0.25) is 0 Å². The van der Waals surface area contributed by atoms with E-state index in [1.807, 2.05) is 18.3 Å². The Hall–Kier alpha value is -1.62. The summed E-state index contributed by atoms with van der Waals surface area (Å²) in [6, 6.07) is 3.84. The minimum atomic E-state index is -0.0709. The highest BCUT2D eigenvalue weighted by Crippen LogP contribution is 2.15. The lowest BCUT2D eigenvalue weighted by atomic mass is 10.2. The molecule has 0 aromatic carbocycles. The van der Waals surface area contributed by atoms with Gasteiger partial charge in [0.2, 0.25) is 0 Å². The van der Waals surface area contributed by atoms with Crippen molar-refractivity contribution in [3.63, 3.8) is 0 Å². The number of hydrogen-bond donors (Lipinski definition) is 1. The number of aromatic nitrogens is 1. The van der Waals surface area contributed by atoms with Gasteiger partial charge in [0.15, 0.2) is 0 Å². The zero-order chi connectivity index (χ0) is 15.8. The number of nitrogens with zero attached hydrogens (tertiary/aromatic N) is 3. The molecule has 0 saturated carbocycles. The predicted molar refractivity (Wildman–Crippen MR) is 90.4 cm³/mol. The van der Waals surface area contributed by atoms with Crippen molar-refractivity contribution in [3.05, 3.63) is 24.0 Å². The van der Waals surface area contributed by atoms with Crippen LogP contribution in [0.4, 0.5) is 5.69 Å². The Morgan fingerprint density at radius 3 is 2.55 bits per heavy atom. The second-order valence-electron chi connectivity index (χ2n) is 5.79. The van der Waals surface area contributed by atoms with Crippen LogP contribution in [0.5, 0.6) is 0 Å². The van der Waals surface area contributed by atoms with E-state index in [0.717, 1.165) is 64.2 Å². The summed E-state index contributed by atoms with van der Waals surface area (Å²) in [7, 11) is 0. The zero-order valence-electron chi connectivity index (χ0n) is 13.8. The minimum absolute atomic E-state index is 0.0709. The highest BCUT2D eigenvalue weighted by atomic mass is 16.1. The number of rotatable bonds is 7. The number of nitrogens with one attached hydrogen (secondary N) is 1. The molecule has 1 saturated heterocycles. The van der Waals surface area contributed by atoms with Crippen molar-refractivity contribution >= 4 is 11.6 Å². The third-order valence-corrected chi connectivity index (χ3v) is 4.23. The summed E-state index contributed by atoms with van der Waals surface area (Å²) in [6.45, 7) is 10.4. The van der Waals surface area contributed by atoms with E-state index >= 15 is 0 Å². The SMILES string of the molecule is CCCCCNC(=O)c1ccc(N2CCN(CC)CC2)cn1. The molecule has 1 aliphatic heterocycles. The molecule has 2 heterocycles. The van der Waals surface area contributed by atoms with Gasteiger partial charge in [0, 0.05) is 32.7 Å². The maximum absolute atomic E-state index is 12.0. The number of carbonyl (C=O) groups excluding carboxylic acids is 1. The summed E-state index contributed by atoms with van der Waals surface area (Å²) in [5.74, 6) is -0.0709. The quantitative estimate of drug-likeness (QED) is 0.784. The molecule has 0 atom stereocenters. The van der Waals surface area contributed by atoms with Crippen molar-refractivity contribution in [3.8, 4) is 0 Å². The molecule has 0 spiro atoms. The van der Waals surface area contributed by atoms with Crippen molar-refractivity contribution in [2.45, 2.75) is 33.1 Å². The van der Waals surface area contributed by atoms with Crippen LogP contribution < -0.4 is 10.2 Å². The van der Waals surface area contributed by atoms with Gasteiger partial charge in [-0.2, -0.15) is 0 Å². The highest BCUT2D eigenvalue weighted by Gasteiger charge is 2.16. The molecule has 0 unspecified atom stereocenters. The lowest BCUT2D eigenvalue weighted by Gasteiger charge is -2.35. The summed E-state index contributed by atoms with van der Waals surface area (Å²) < 4.78 is 0. The first-order valence-corrected chi connectivity index (χ1v) is 8.46. The Bertz CT molecular complexity index is 452. The summed E-state index contributed by atoms with van der Waals surface area (Å²) >= 11 is 0. The van der Waals surface area contributed by atoms with Crippen LogP contribution in [-0.2, 0) is 0 Å². The number of amides is 1. The third kappa shape index (κ3) is 4.70. The van der Waals surface area contributed by atoms with Crippen molar-refractivity contribution < 1.29 is 4.79 Å². The van der Waals surface area contributed by atoms with Gasteiger partial charge in [-0.25, -0.2) is 4.98 Å². The second-order valence-corrected chi connectivity index (χ2v) is 5.79.